The predicted molar refractivity (Wildman–Crippen MR) is 163 cm³/mol. The lowest BCUT2D eigenvalue weighted by Gasteiger charge is -2.37. The number of phenols is 2. The highest BCUT2D eigenvalue weighted by Crippen LogP contribution is 2.39. The molecule has 0 aromatic heterocycles. The second-order valence-corrected chi connectivity index (χ2v) is 11.6. The van der Waals surface area contributed by atoms with Gasteiger partial charge in [-0.25, -0.2) is 9.59 Å². The monoisotopic (exact) mass is 630 g/mol. The molecule has 2 heterocycles. The minimum absolute atomic E-state index is 0.0302. The molecule has 7 atom stereocenters. The fraction of sp³-hybridized carbons (Fsp3) is 0.588. The van der Waals surface area contributed by atoms with Gasteiger partial charge in [0.25, 0.3) is 0 Å². The van der Waals surface area contributed by atoms with E-state index in [0.717, 1.165) is 6.42 Å². The lowest BCUT2D eigenvalue weighted by Crippen LogP contribution is -2.36. The average Bonchev–Trinajstić information content (AvgIpc) is 3.01. The van der Waals surface area contributed by atoms with Crippen molar-refractivity contribution in [1.29, 1.82) is 0 Å². The number of carbonyl (C=O) groups excluding carboxylic acids is 2. The maximum absolute atomic E-state index is 12.3. The van der Waals surface area contributed by atoms with Gasteiger partial charge < -0.3 is 43.7 Å². The van der Waals surface area contributed by atoms with Gasteiger partial charge in [-0.2, -0.15) is 0 Å². The van der Waals surface area contributed by atoms with Crippen LogP contribution in [0.4, 0.5) is 0 Å². The third kappa shape index (κ3) is 9.40. The molecule has 248 valence electrons. The minimum Gasteiger partial charge on any atom is -0.507 e. The quantitative estimate of drug-likeness (QED) is 0.229. The molecule has 0 aliphatic carbocycles. The number of carbonyl (C=O) groups is 2. The maximum Gasteiger partial charge on any atom is 0.338 e. The number of phenolic OH excluding ortho intramolecular Hbond substituents is 2. The second kappa shape index (κ2) is 16.4. The number of benzene rings is 2. The van der Waals surface area contributed by atoms with E-state index in [2.05, 4.69) is 0 Å². The van der Waals surface area contributed by atoms with Crippen LogP contribution in [0, 0.1) is 0 Å². The molecule has 4 rings (SSSR count). The summed E-state index contributed by atoms with van der Waals surface area (Å²) in [6.07, 6.45) is 1.13. The molecule has 11 nitrogen and oxygen atoms in total. The zero-order valence-corrected chi connectivity index (χ0v) is 26.5. The van der Waals surface area contributed by atoms with Crippen LogP contribution in [0.2, 0.25) is 0 Å². The Balaban J connectivity index is 1.32. The van der Waals surface area contributed by atoms with Crippen molar-refractivity contribution in [2.75, 3.05) is 13.2 Å². The van der Waals surface area contributed by atoms with Crippen LogP contribution in [0.15, 0.2) is 36.4 Å². The molecule has 11 heteroatoms. The fourth-order valence-electron chi connectivity index (χ4n) is 5.75. The van der Waals surface area contributed by atoms with Gasteiger partial charge in [0.15, 0.2) is 12.6 Å². The molecular weight excluding hydrogens is 584 g/mol. The van der Waals surface area contributed by atoms with Gasteiger partial charge in [0.05, 0.1) is 66.0 Å². The van der Waals surface area contributed by atoms with E-state index < -0.39 is 30.6 Å². The standard InChI is InChI=1S/C34H46O11/c1-5-24-19-26(45-34(43-24)28-17-22(12-14-30(28)37)32(39)41-7-3)18-23(35)9-8-10-25-15-20(4)42-33(44-25)27-16-21(11-13-29(27)36)31(38)40-6-2/h11-14,16-17,20,23-26,33-37H,5-10,15,18-19H2,1-4H3. The lowest BCUT2D eigenvalue weighted by atomic mass is 9.97. The normalized spacial score (nSPS) is 25.8. The van der Waals surface area contributed by atoms with Gasteiger partial charge >= 0.3 is 11.9 Å². The Bertz CT molecular complexity index is 1280. The van der Waals surface area contributed by atoms with Crippen LogP contribution < -0.4 is 0 Å². The van der Waals surface area contributed by atoms with Gasteiger partial charge in [-0.3, -0.25) is 0 Å². The second-order valence-electron chi connectivity index (χ2n) is 11.6. The first-order valence-electron chi connectivity index (χ1n) is 15.9. The van der Waals surface area contributed by atoms with E-state index in [0.29, 0.717) is 60.8 Å². The van der Waals surface area contributed by atoms with Gasteiger partial charge in [-0.1, -0.05) is 6.92 Å². The van der Waals surface area contributed by atoms with E-state index in [1.807, 2.05) is 13.8 Å². The summed E-state index contributed by atoms with van der Waals surface area (Å²) < 4.78 is 34.6. The number of aromatic hydroxyl groups is 2. The number of aliphatic hydroxyl groups excluding tert-OH is 1. The Labute approximate surface area is 264 Å². The molecule has 2 aromatic carbocycles. The third-order valence-corrected chi connectivity index (χ3v) is 8.06. The molecule has 0 amide bonds. The van der Waals surface area contributed by atoms with Crippen molar-refractivity contribution < 1.29 is 53.3 Å². The van der Waals surface area contributed by atoms with E-state index in [-0.39, 0.29) is 49.1 Å². The van der Waals surface area contributed by atoms with Crippen molar-refractivity contribution in [3.63, 3.8) is 0 Å². The average molecular weight is 631 g/mol. The zero-order chi connectivity index (χ0) is 32.5. The molecule has 2 saturated heterocycles. The van der Waals surface area contributed by atoms with E-state index in [1.165, 1.54) is 36.4 Å². The van der Waals surface area contributed by atoms with Crippen molar-refractivity contribution in [2.45, 2.75) is 116 Å². The summed E-state index contributed by atoms with van der Waals surface area (Å²) in [5, 5.41) is 32.0. The summed E-state index contributed by atoms with van der Waals surface area (Å²) in [5.41, 5.74) is 1.31. The molecule has 0 radical (unpaired) electrons. The van der Waals surface area contributed by atoms with Crippen LogP contribution >= 0.6 is 0 Å². The van der Waals surface area contributed by atoms with Crippen LogP contribution in [-0.4, -0.2) is 71.0 Å². The summed E-state index contributed by atoms with van der Waals surface area (Å²) in [4.78, 5) is 24.5. The van der Waals surface area contributed by atoms with Crippen molar-refractivity contribution in [3.8, 4) is 11.5 Å². The van der Waals surface area contributed by atoms with Crippen LogP contribution in [0.1, 0.15) is 117 Å². The highest BCUT2D eigenvalue weighted by molar-refractivity contribution is 5.90. The highest BCUT2D eigenvalue weighted by Gasteiger charge is 2.34. The molecule has 3 N–H and O–H groups in total. The lowest BCUT2D eigenvalue weighted by molar-refractivity contribution is -0.253. The van der Waals surface area contributed by atoms with Crippen LogP contribution in [0.5, 0.6) is 11.5 Å². The smallest absolute Gasteiger partial charge is 0.338 e. The fourth-order valence-corrected chi connectivity index (χ4v) is 5.75. The van der Waals surface area contributed by atoms with E-state index in [9.17, 15) is 24.9 Å². The van der Waals surface area contributed by atoms with E-state index >= 15 is 0 Å². The molecule has 45 heavy (non-hydrogen) atoms. The zero-order valence-electron chi connectivity index (χ0n) is 26.5. The Hall–Kier alpha value is -3.22. The van der Waals surface area contributed by atoms with Crippen molar-refractivity contribution >= 4 is 11.9 Å². The number of ether oxygens (including phenoxy) is 6. The number of hydrogen-bond donors (Lipinski definition) is 3. The highest BCUT2D eigenvalue weighted by atomic mass is 16.7. The summed E-state index contributed by atoms with van der Waals surface area (Å²) in [6.45, 7) is 7.87. The molecule has 2 fully saturated rings. The first-order valence-corrected chi connectivity index (χ1v) is 15.9. The summed E-state index contributed by atoms with van der Waals surface area (Å²) in [5.74, 6) is -1.06. The first kappa shape index (κ1) is 34.6. The third-order valence-electron chi connectivity index (χ3n) is 8.06. The van der Waals surface area contributed by atoms with Gasteiger partial charge in [-0.15, -0.1) is 0 Å². The van der Waals surface area contributed by atoms with Crippen LogP contribution in [0.3, 0.4) is 0 Å². The molecular formula is C34H46O11. The first-order chi connectivity index (χ1) is 21.6. The van der Waals surface area contributed by atoms with Gasteiger partial charge in [0.1, 0.15) is 11.5 Å². The topological polar surface area (TPSA) is 150 Å². The molecule has 0 saturated carbocycles. The van der Waals surface area contributed by atoms with Crippen LogP contribution in [0.25, 0.3) is 0 Å². The maximum atomic E-state index is 12.3. The van der Waals surface area contributed by atoms with Gasteiger partial charge in [0, 0.05) is 6.42 Å². The van der Waals surface area contributed by atoms with Crippen LogP contribution in [-0.2, 0) is 28.4 Å². The predicted octanol–water partition coefficient (Wildman–Crippen LogP) is 5.85. The molecule has 7 unspecified atom stereocenters. The summed E-state index contributed by atoms with van der Waals surface area (Å²) in [6, 6.07) is 8.91. The molecule has 2 aromatic rings. The van der Waals surface area contributed by atoms with E-state index in [4.69, 9.17) is 28.4 Å². The van der Waals surface area contributed by atoms with Gasteiger partial charge in [-0.05, 0) is 95.7 Å². The SMILES string of the molecule is CCOC(=O)c1ccc(O)c(C2OC(C)CC(CCCC(O)CC3CC(CC)OC(c4cc(C(=O)OCC)ccc4O)O3)O2)c1. The van der Waals surface area contributed by atoms with Gasteiger partial charge in [0.2, 0.25) is 0 Å². The number of rotatable bonds is 13. The van der Waals surface area contributed by atoms with Crippen molar-refractivity contribution in [1.82, 2.24) is 0 Å². The Morgan fingerprint density at radius 2 is 1.33 bits per heavy atom. The Morgan fingerprint density at radius 1 is 0.800 bits per heavy atom. The largest absolute Gasteiger partial charge is 0.507 e. The number of hydrogen-bond acceptors (Lipinski definition) is 11. The minimum atomic E-state index is -0.886. The van der Waals surface area contributed by atoms with Crippen molar-refractivity contribution in [3.05, 3.63) is 58.7 Å². The van der Waals surface area contributed by atoms with E-state index in [1.54, 1.807) is 13.8 Å². The summed E-state index contributed by atoms with van der Waals surface area (Å²) >= 11 is 0. The number of esters is 2. The summed E-state index contributed by atoms with van der Waals surface area (Å²) in [7, 11) is 0. The molecule has 2 aliphatic rings. The molecule has 0 bridgehead atoms. The van der Waals surface area contributed by atoms with Crippen molar-refractivity contribution in [2.24, 2.45) is 0 Å². The Kier molecular flexibility index (Phi) is 12.6. The molecule has 2 aliphatic heterocycles. The number of aliphatic hydroxyl groups is 1. The molecule has 0 spiro atoms. The Morgan fingerprint density at radius 3 is 1.89 bits per heavy atom.